The van der Waals surface area contributed by atoms with Crippen LogP contribution < -0.4 is 10.1 Å². The van der Waals surface area contributed by atoms with Crippen molar-refractivity contribution < 1.29 is 13.9 Å². The van der Waals surface area contributed by atoms with Crippen LogP contribution in [0.5, 0.6) is 5.75 Å². The molecule has 0 aliphatic heterocycles. The maximum absolute atomic E-state index is 13.3. The first-order valence-electron chi connectivity index (χ1n) is 10.1. The number of hydrogen-bond acceptors (Lipinski definition) is 3. The number of fused-ring (bicyclic) bond motifs is 1. The monoisotopic (exact) mass is 505 g/mol. The fourth-order valence-electron chi connectivity index (χ4n) is 3.48. The van der Waals surface area contributed by atoms with Crippen LogP contribution in [0.25, 0.3) is 16.6 Å². The van der Waals surface area contributed by atoms with E-state index in [-0.39, 0.29) is 5.82 Å². The van der Waals surface area contributed by atoms with Crippen LogP contribution in [0.1, 0.15) is 18.6 Å². The van der Waals surface area contributed by atoms with Crippen molar-refractivity contribution in [2.75, 3.05) is 0 Å². The second kappa shape index (κ2) is 9.59. The number of benzene rings is 3. The summed E-state index contributed by atoms with van der Waals surface area (Å²) in [4.78, 5) is 12.2. The summed E-state index contributed by atoms with van der Waals surface area (Å²) in [5.41, 5.74) is 2.42. The molecule has 2 atom stereocenters. The number of nitrogens with zero attached hydrogens (tertiary/aromatic N) is 2. The summed E-state index contributed by atoms with van der Waals surface area (Å²) in [5, 5.41) is 7.95. The van der Waals surface area contributed by atoms with Crippen LogP contribution in [0.3, 0.4) is 0 Å². The van der Waals surface area contributed by atoms with Gasteiger partial charge in [-0.15, -0.1) is 0 Å². The third kappa shape index (κ3) is 5.41. The van der Waals surface area contributed by atoms with Crippen LogP contribution >= 0.6 is 34.8 Å². The smallest absolute Gasteiger partial charge is 0.272 e. The Morgan fingerprint density at radius 2 is 1.76 bits per heavy atom. The summed E-state index contributed by atoms with van der Waals surface area (Å²) in [6, 6.07) is 20.6. The highest BCUT2D eigenvalue weighted by atomic mass is 35.6. The Kier molecular flexibility index (Phi) is 6.79. The summed E-state index contributed by atoms with van der Waals surface area (Å²) in [6.45, 7) is 1.77. The Morgan fingerprint density at radius 1 is 1.06 bits per heavy atom. The molecular formula is C24H19Cl3FN3O2. The number of ether oxygens (including phenoxy) is 1. The number of carbonyl (C=O) groups excluding carboxylic acids is 1. The Morgan fingerprint density at radius 3 is 2.42 bits per heavy atom. The van der Waals surface area contributed by atoms with Crippen LogP contribution in [0.15, 0.2) is 79.0 Å². The Hall–Kier alpha value is -2.80. The molecular weight excluding hydrogens is 488 g/mol. The zero-order valence-electron chi connectivity index (χ0n) is 17.4. The van der Waals surface area contributed by atoms with E-state index < -0.39 is 21.8 Å². The van der Waals surface area contributed by atoms with Gasteiger partial charge in [-0.2, -0.15) is 5.10 Å². The van der Waals surface area contributed by atoms with E-state index in [0.29, 0.717) is 5.75 Å². The molecule has 0 fully saturated rings. The van der Waals surface area contributed by atoms with Gasteiger partial charge in [-0.3, -0.25) is 4.79 Å². The fraction of sp³-hybridized carbons (Fsp3) is 0.167. The van der Waals surface area contributed by atoms with E-state index in [4.69, 9.17) is 39.5 Å². The highest BCUT2D eigenvalue weighted by Gasteiger charge is 2.34. The van der Waals surface area contributed by atoms with Crippen LogP contribution in [0.2, 0.25) is 0 Å². The highest BCUT2D eigenvalue weighted by Crippen LogP contribution is 2.31. The molecule has 0 aliphatic carbocycles. The summed E-state index contributed by atoms with van der Waals surface area (Å²) < 4.78 is 19.2. The molecule has 4 aromatic rings. The van der Waals surface area contributed by atoms with Crippen molar-refractivity contribution in [2.24, 2.45) is 0 Å². The quantitative estimate of drug-likeness (QED) is 0.319. The van der Waals surface area contributed by atoms with Gasteiger partial charge in [0.15, 0.2) is 0 Å². The minimum absolute atomic E-state index is 0.311. The predicted molar refractivity (Wildman–Crippen MR) is 129 cm³/mol. The van der Waals surface area contributed by atoms with Crippen LogP contribution in [0, 0.1) is 5.82 Å². The first-order chi connectivity index (χ1) is 15.7. The first-order valence-corrected chi connectivity index (χ1v) is 11.2. The van der Waals surface area contributed by atoms with Crippen molar-refractivity contribution in [3.05, 3.63) is 90.4 Å². The van der Waals surface area contributed by atoms with Gasteiger partial charge < -0.3 is 10.1 Å². The van der Waals surface area contributed by atoms with Crippen molar-refractivity contribution in [3.63, 3.8) is 0 Å². The van der Waals surface area contributed by atoms with Crippen molar-refractivity contribution in [1.82, 2.24) is 15.1 Å². The Balaban J connectivity index is 1.62. The first kappa shape index (κ1) is 23.4. The van der Waals surface area contributed by atoms with Gasteiger partial charge in [0.2, 0.25) is 0 Å². The number of alkyl halides is 3. The van der Waals surface area contributed by atoms with Crippen LogP contribution in [0.4, 0.5) is 4.39 Å². The molecule has 1 aromatic heterocycles. The molecule has 5 nitrogen and oxygen atoms in total. The highest BCUT2D eigenvalue weighted by molar-refractivity contribution is 6.76. The van der Waals surface area contributed by atoms with Crippen molar-refractivity contribution in [1.29, 1.82) is 0 Å². The Bertz CT molecular complexity index is 1260. The van der Waals surface area contributed by atoms with E-state index in [2.05, 4.69) is 10.4 Å². The number of aromatic nitrogens is 2. The normalized spacial score (nSPS) is 13.5. The zero-order valence-corrected chi connectivity index (χ0v) is 19.7. The number of nitrogens with one attached hydrogen (secondary N) is 1. The molecule has 0 saturated carbocycles. The number of rotatable bonds is 6. The lowest BCUT2D eigenvalue weighted by atomic mass is 10.0. The molecule has 33 heavy (non-hydrogen) atoms. The van der Waals surface area contributed by atoms with Crippen molar-refractivity contribution >= 4 is 51.6 Å². The van der Waals surface area contributed by atoms with Gasteiger partial charge in [0.1, 0.15) is 17.7 Å². The minimum Gasteiger partial charge on any atom is -0.484 e. The summed E-state index contributed by atoms with van der Waals surface area (Å²) >= 11 is 17.1. The molecule has 1 amide bonds. The van der Waals surface area contributed by atoms with Gasteiger partial charge in [0.05, 0.1) is 23.4 Å². The third-order valence-electron chi connectivity index (χ3n) is 5.07. The molecule has 4 rings (SSSR count). The van der Waals surface area contributed by atoms with E-state index in [0.717, 1.165) is 22.2 Å². The van der Waals surface area contributed by atoms with E-state index >= 15 is 0 Å². The molecule has 0 saturated heterocycles. The van der Waals surface area contributed by atoms with E-state index in [1.165, 1.54) is 12.1 Å². The van der Waals surface area contributed by atoms with Gasteiger partial charge in [0, 0.05) is 5.39 Å². The topological polar surface area (TPSA) is 56.1 Å². The van der Waals surface area contributed by atoms with E-state index in [1.54, 1.807) is 29.9 Å². The van der Waals surface area contributed by atoms with Crippen molar-refractivity contribution in [2.45, 2.75) is 22.9 Å². The standard InChI is InChI=1S/C24H19Cl3FN3O2/c1-15(30-23(32)24(25,26)27)22(16-5-3-2-4-6-16)33-20-11-12-21-17(13-20)14-29-31(21)19-9-7-18(28)8-10-19/h2-15,22H,1H3,(H,30,32). The number of halogens is 4. The van der Waals surface area contributed by atoms with Gasteiger partial charge in [-0.05, 0) is 55.0 Å². The van der Waals surface area contributed by atoms with Gasteiger partial charge in [-0.1, -0.05) is 65.1 Å². The molecule has 0 aliphatic rings. The zero-order chi connectivity index (χ0) is 23.6. The summed E-state index contributed by atoms with van der Waals surface area (Å²) in [6.07, 6.45) is 1.16. The minimum atomic E-state index is -2.08. The predicted octanol–water partition coefficient (Wildman–Crippen LogP) is 6.16. The molecule has 3 aromatic carbocycles. The molecule has 2 unspecified atom stereocenters. The number of hydrogen-bond donors (Lipinski definition) is 1. The van der Waals surface area contributed by atoms with Crippen LogP contribution in [-0.2, 0) is 4.79 Å². The summed E-state index contributed by atoms with van der Waals surface area (Å²) in [7, 11) is 0. The van der Waals surface area contributed by atoms with Crippen LogP contribution in [-0.4, -0.2) is 25.5 Å². The van der Waals surface area contributed by atoms with Crippen molar-refractivity contribution in [3.8, 4) is 11.4 Å². The molecule has 9 heteroatoms. The molecule has 0 spiro atoms. The van der Waals surface area contributed by atoms with E-state index in [1.807, 2.05) is 48.5 Å². The lowest BCUT2D eigenvalue weighted by Crippen LogP contribution is -2.44. The SMILES string of the molecule is CC(NC(=O)C(Cl)(Cl)Cl)C(Oc1ccc2c(cnn2-c2ccc(F)cc2)c1)c1ccccc1. The average molecular weight is 507 g/mol. The van der Waals surface area contributed by atoms with E-state index in [9.17, 15) is 9.18 Å². The lowest BCUT2D eigenvalue weighted by Gasteiger charge is -2.27. The number of amides is 1. The molecule has 170 valence electrons. The molecule has 1 N–H and O–H groups in total. The molecule has 0 radical (unpaired) electrons. The van der Waals surface area contributed by atoms with Gasteiger partial charge in [-0.25, -0.2) is 9.07 Å². The summed E-state index contributed by atoms with van der Waals surface area (Å²) in [5.74, 6) is -0.473. The second-order valence-corrected chi connectivity index (χ2v) is 9.74. The third-order valence-corrected chi connectivity index (χ3v) is 5.59. The second-order valence-electron chi connectivity index (χ2n) is 7.46. The maximum Gasteiger partial charge on any atom is 0.272 e. The number of carbonyl (C=O) groups is 1. The largest absolute Gasteiger partial charge is 0.484 e. The lowest BCUT2D eigenvalue weighted by molar-refractivity contribution is -0.121. The molecule has 0 bridgehead atoms. The maximum atomic E-state index is 13.3. The average Bonchev–Trinajstić information content (AvgIpc) is 3.21. The Labute approximate surface area is 205 Å². The van der Waals surface area contributed by atoms with Gasteiger partial charge in [0.25, 0.3) is 9.70 Å². The molecule has 1 heterocycles. The fourth-order valence-corrected chi connectivity index (χ4v) is 3.65. The van der Waals surface area contributed by atoms with Gasteiger partial charge >= 0.3 is 0 Å².